The van der Waals surface area contributed by atoms with Crippen LogP contribution in [0.2, 0.25) is 0 Å². The van der Waals surface area contributed by atoms with E-state index in [1.165, 1.54) is 0 Å². The fourth-order valence-corrected chi connectivity index (χ4v) is 1.69. The van der Waals surface area contributed by atoms with E-state index in [4.69, 9.17) is 4.74 Å². The molecule has 1 N–H and O–H groups in total. The van der Waals surface area contributed by atoms with E-state index in [2.05, 4.69) is 15.0 Å². The third-order valence-corrected chi connectivity index (χ3v) is 2.55. The van der Waals surface area contributed by atoms with E-state index < -0.39 is 0 Å². The quantitative estimate of drug-likeness (QED) is 0.823. The molecule has 0 aliphatic heterocycles. The lowest BCUT2D eigenvalue weighted by Crippen LogP contribution is -1.95. The highest BCUT2D eigenvalue weighted by Crippen LogP contribution is 2.30. The second kappa shape index (κ2) is 4.82. The number of rotatable bonds is 3. The predicted octanol–water partition coefficient (Wildman–Crippen LogP) is 2.87. The van der Waals surface area contributed by atoms with Gasteiger partial charge in [0.25, 0.3) is 0 Å². The summed E-state index contributed by atoms with van der Waals surface area (Å²) in [6.45, 7) is 3.93. The van der Waals surface area contributed by atoms with Gasteiger partial charge in [0, 0.05) is 6.20 Å². The number of hydrogen-bond acceptors (Lipinski definition) is 3. The van der Waals surface area contributed by atoms with Crippen LogP contribution in [-0.2, 0) is 0 Å². The van der Waals surface area contributed by atoms with Crippen molar-refractivity contribution < 1.29 is 4.74 Å². The van der Waals surface area contributed by atoms with Crippen LogP contribution in [0.25, 0.3) is 0 Å². The van der Waals surface area contributed by atoms with E-state index in [1.54, 1.807) is 13.4 Å². The second-order valence-electron chi connectivity index (χ2n) is 3.78. The summed E-state index contributed by atoms with van der Waals surface area (Å²) in [6, 6.07) is 5.90. The summed E-state index contributed by atoms with van der Waals surface area (Å²) >= 11 is 0. The maximum Gasteiger partial charge on any atom is 0.147 e. The van der Waals surface area contributed by atoms with Gasteiger partial charge < -0.3 is 9.72 Å². The van der Waals surface area contributed by atoms with E-state index in [1.807, 2.05) is 38.2 Å². The van der Waals surface area contributed by atoms with Gasteiger partial charge in [0.1, 0.15) is 17.1 Å². The van der Waals surface area contributed by atoms with Crippen molar-refractivity contribution in [1.29, 1.82) is 0 Å². The smallest absolute Gasteiger partial charge is 0.147 e. The van der Waals surface area contributed by atoms with Gasteiger partial charge in [0.15, 0.2) is 0 Å². The third-order valence-electron chi connectivity index (χ3n) is 2.55. The van der Waals surface area contributed by atoms with E-state index in [-0.39, 0.29) is 0 Å². The number of imidazole rings is 1. The molecule has 0 amide bonds. The van der Waals surface area contributed by atoms with Crippen molar-refractivity contribution in [3.05, 3.63) is 42.0 Å². The van der Waals surface area contributed by atoms with Crippen molar-refractivity contribution in [2.75, 3.05) is 7.11 Å². The number of aryl methyl sites for hydroxylation is 1. The van der Waals surface area contributed by atoms with Crippen molar-refractivity contribution in [3.63, 3.8) is 0 Å². The maximum absolute atomic E-state index is 5.36. The second-order valence-corrected chi connectivity index (χ2v) is 3.78. The van der Waals surface area contributed by atoms with Crippen LogP contribution >= 0.6 is 0 Å². The minimum absolute atomic E-state index is 0.808. The van der Waals surface area contributed by atoms with Gasteiger partial charge in [-0.2, -0.15) is 0 Å². The molecule has 1 heterocycles. The van der Waals surface area contributed by atoms with Crippen LogP contribution in [0.5, 0.6) is 5.75 Å². The van der Waals surface area contributed by atoms with E-state index in [9.17, 15) is 0 Å². The molecule has 1 aromatic heterocycles. The first-order chi connectivity index (χ1) is 8.22. The summed E-state index contributed by atoms with van der Waals surface area (Å²) in [4.78, 5) is 11.6. The summed E-state index contributed by atoms with van der Waals surface area (Å²) in [6.07, 6.45) is 3.46. The number of hydrogen-bond donors (Lipinski definition) is 1. The number of para-hydroxylation sites is 1. The molecule has 2 rings (SSSR count). The minimum Gasteiger partial charge on any atom is -0.494 e. The number of aromatic nitrogens is 2. The van der Waals surface area contributed by atoms with Gasteiger partial charge in [-0.15, -0.1) is 0 Å². The molecule has 88 valence electrons. The summed E-state index contributed by atoms with van der Waals surface area (Å²) < 4.78 is 5.36. The topological polar surface area (TPSA) is 50.3 Å². The number of H-pyrrole nitrogens is 1. The summed E-state index contributed by atoms with van der Waals surface area (Å²) in [5.74, 6) is 0.808. The Morgan fingerprint density at radius 3 is 2.88 bits per heavy atom. The lowest BCUT2D eigenvalue weighted by Gasteiger charge is -2.07. The molecule has 0 unspecified atom stereocenters. The highest BCUT2D eigenvalue weighted by atomic mass is 16.5. The number of methoxy groups -OCH3 is 1. The zero-order valence-corrected chi connectivity index (χ0v) is 10.2. The predicted molar refractivity (Wildman–Crippen MR) is 68.2 cm³/mol. The molecule has 0 fully saturated rings. The Kier molecular flexibility index (Phi) is 3.23. The molecule has 17 heavy (non-hydrogen) atoms. The van der Waals surface area contributed by atoms with Gasteiger partial charge in [0.2, 0.25) is 0 Å². The van der Waals surface area contributed by atoms with Crippen LogP contribution in [0.3, 0.4) is 0 Å². The normalized spacial score (nSPS) is 11.6. The Morgan fingerprint density at radius 2 is 2.24 bits per heavy atom. The van der Waals surface area contributed by atoms with Gasteiger partial charge in [-0.1, -0.05) is 12.1 Å². The molecular weight excluding hydrogens is 214 g/mol. The zero-order chi connectivity index (χ0) is 12.3. The SMILES string of the molecule is COc1c(C)cccc1/N=C(\C)c1c[nH]cn1. The number of aliphatic imine (C=N–C) groups is 1. The highest BCUT2D eigenvalue weighted by Gasteiger charge is 2.06. The van der Waals surface area contributed by atoms with E-state index in [0.717, 1.165) is 28.4 Å². The van der Waals surface area contributed by atoms with Gasteiger partial charge in [0.05, 0.1) is 19.1 Å². The monoisotopic (exact) mass is 229 g/mol. The van der Waals surface area contributed by atoms with Crippen LogP contribution in [0.4, 0.5) is 5.69 Å². The first-order valence-electron chi connectivity index (χ1n) is 5.40. The molecule has 0 aliphatic rings. The Bertz CT molecular complexity index is 530. The van der Waals surface area contributed by atoms with E-state index in [0.29, 0.717) is 0 Å². The highest BCUT2D eigenvalue weighted by molar-refractivity contribution is 5.98. The van der Waals surface area contributed by atoms with Crippen LogP contribution in [0.15, 0.2) is 35.7 Å². The average Bonchev–Trinajstić information content (AvgIpc) is 2.82. The number of ether oxygens (including phenoxy) is 1. The summed E-state index contributed by atoms with van der Waals surface area (Å²) in [5.41, 5.74) is 3.60. The van der Waals surface area contributed by atoms with Gasteiger partial charge in [-0.3, -0.25) is 0 Å². The third kappa shape index (κ3) is 2.36. The van der Waals surface area contributed by atoms with Crippen LogP contribution in [0, 0.1) is 6.92 Å². The van der Waals surface area contributed by atoms with Crippen molar-refractivity contribution in [2.24, 2.45) is 4.99 Å². The fourth-order valence-electron chi connectivity index (χ4n) is 1.69. The minimum atomic E-state index is 0.808. The van der Waals surface area contributed by atoms with Crippen molar-refractivity contribution in [1.82, 2.24) is 9.97 Å². The summed E-state index contributed by atoms with van der Waals surface area (Å²) in [7, 11) is 1.66. The van der Waals surface area contributed by atoms with Crippen LogP contribution < -0.4 is 4.74 Å². The lowest BCUT2D eigenvalue weighted by molar-refractivity contribution is 0.413. The van der Waals surface area contributed by atoms with Gasteiger partial charge in [-0.25, -0.2) is 9.98 Å². The standard InChI is InChI=1S/C13H15N3O/c1-9-5-4-6-11(13(9)17-3)16-10(2)12-7-14-8-15-12/h4-8H,1-3H3,(H,14,15)/b16-10+. The van der Waals surface area contributed by atoms with Gasteiger partial charge in [-0.05, 0) is 25.5 Å². The largest absolute Gasteiger partial charge is 0.494 e. The lowest BCUT2D eigenvalue weighted by atomic mass is 10.2. The molecule has 0 saturated carbocycles. The molecule has 0 radical (unpaired) electrons. The maximum atomic E-state index is 5.36. The molecule has 4 nitrogen and oxygen atoms in total. The van der Waals surface area contributed by atoms with Crippen LogP contribution in [0.1, 0.15) is 18.2 Å². The Hall–Kier alpha value is -2.10. The van der Waals surface area contributed by atoms with Gasteiger partial charge >= 0.3 is 0 Å². The zero-order valence-electron chi connectivity index (χ0n) is 10.2. The first kappa shape index (κ1) is 11.4. The summed E-state index contributed by atoms with van der Waals surface area (Å²) in [5, 5.41) is 0. The number of nitrogens with zero attached hydrogens (tertiary/aromatic N) is 2. The Morgan fingerprint density at radius 1 is 1.41 bits per heavy atom. The molecule has 2 aromatic rings. The van der Waals surface area contributed by atoms with Crippen molar-refractivity contribution in [2.45, 2.75) is 13.8 Å². The Balaban J connectivity index is 2.42. The molecule has 0 aliphatic carbocycles. The molecular formula is C13H15N3O. The Labute approximate surface area is 100 Å². The molecule has 0 atom stereocenters. The molecule has 4 heteroatoms. The molecule has 1 aromatic carbocycles. The van der Waals surface area contributed by atoms with E-state index >= 15 is 0 Å². The fraction of sp³-hybridized carbons (Fsp3) is 0.231. The molecule has 0 bridgehead atoms. The van der Waals surface area contributed by atoms with Crippen molar-refractivity contribution >= 4 is 11.4 Å². The number of nitrogens with one attached hydrogen (secondary N) is 1. The number of aromatic amines is 1. The molecule has 0 saturated heterocycles. The van der Waals surface area contributed by atoms with Crippen molar-refractivity contribution in [3.8, 4) is 5.75 Å². The van der Waals surface area contributed by atoms with Crippen LogP contribution in [-0.4, -0.2) is 22.8 Å². The first-order valence-corrected chi connectivity index (χ1v) is 5.40. The average molecular weight is 229 g/mol. The number of benzene rings is 1. The molecule has 0 spiro atoms.